The Bertz CT molecular complexity index is 1700. The number of fused-ring (bicyclic) bond motifs is 1. The molecule has 0 bridgehead atoms. The first-order valence-electron chi connectivity index (χ1n) is 11.3. The lowest BCUT2D eigenvalue weighted by atomic mass is 10.2. The van der Waals surface area contributed by atoms with Crippen molar-refractivity contribution >= 4 is 51.6 Å². The summed E-state index contributed by atoms with van der Waals surface area (Å²) in [5.74, 6) is 0.989. The van der Waals surface area contributed by atoms with Crippen molar-refractivity contribution in [1.82, 2.24) is 19.4 Å². The van der Waals surface area contributed by atoms with Crippen molar-refractivity contribution in [2.24, 2.45) is 0 Å². The Balaban J connectivity index is 1.62. The van der Waals surface area contributed by atoms with Crippen LogP contribution >= 0.6 is 35.3 Å². The number of amides is 1. The number of rotatable bonds is 8. The number of thioether (sulfide) groups is 1. The van der Waals surface area contributed by atoms with Gasteiger partial charge in [0, 0.05) is 0 Å². The second-order valence-corrected chi connectivity index (χ2v) is 10.6. The second kappa shape index (κ2) is 10.8. The molecule has 0 unspecified atom stereocenters. The van der Waals surface area contributed by atoms with Crippen LogP contribution in [0.3, 0.4) is 0 Å². The number of hydrogen-bond acceptors (Lipinski definition) is 8. The smallest absolute Gasteiger partial charge is 0.278 e. The van der Waals surface area contributed by atoms with Crippen LogP contribution in [0.15, 0.2) is 81.3 Å². The van der Waals surface area contributed by atoms with Gasteiger partial charge in [-0.25, -0.2) is 4.98 Å². The minimum atomic E-state index is -0.281. The summed E-state index contributed by atoms with van der Waals surface area (Å²) in [5.41, 5.74) is 2.56. The third-order valence-corrected chi connectivity index (χ3v) is 7.92. The van der Waals surface area contributed by atoms with Crippen molar-refractivity contribution in [1.29, 1.82) is 0 Å². The van der Waals surface area contributed by atoms with E-state index in [-0.39, 0.29) is 23.8 Å². The highest BCUT2D eigenvalue weighted by atomic mass is 32.2. The van der Waals surface area contributed by atoms with Crippen LogP contribution in [-0.4, -0.2) is 32.9 Å². The minimum Gasteiger partial charge on any atom is -0.495 e. The van der Waals surface area contributed by atoms with Crippen LogP contribution < -0.4 is 15.6 Å². The van der Waals surface area contributed by atoms with E-state index in [9.17, 15) is 9.59 Å². The highest BCUT2D eigenvalue weighted by Gasteiger charge is 2.22. The standard InChI is InChI=1S/C26H22N4O4S3/c1-16-8-3-4-10-18(16)29-23-22(37-26(29)35)24(32)30(19-11-5-6-12-20(19)33-2)25(28-23)36-15-21(31)27-14-17-9-7-13-34-17/h3-13H,14-15H2,1-2H3,(H,27,31). The van der Waals surface area contributed by atoms with Gasteiger partial charge >= 0.3 is 0 Å². The molecule has 5 rings (SSSR count). The summed E-state index contributed by atoms with van der Waals surface area (Å²) < 4.78 is 15.0. The zero-order valence-corrected chi connectivity index (χ0v) is 22.4. The van der Waals surface area contributed by atoms with Gasteiger partial charge < -0.3 is 14.5 Å². The van der Waals surface area contributed by atoms with Crippen molar-refractivity contribution in [3.63, 3.8) is 0 Å². The largest absolute Gasteiger partial charge is 0.495 e. The molecule has 0 saturated heterocycles. The fourth-order valence-electron chi connectivity index (χ4n) is 3.87. The SMILES string of the molecule is COc1ccccc1-n1c(SCC(=O)NCc2ccco2)nc2c(sc(=S)n2-c2ccccc2C)c1=O. The molecule has 3 heterocycles. The molecule has 3 aromatic heterocycles. The fraction of sp³-hybridized carbons (Fsp3) is 0.154. The summed E-state index contributed by atoms with van der Waals surface area (Å²) in [7, 11) is 1.54. The van der Waals surface area contributed by atoms with Gasteiger partial charge in [0.2, 0.25) is 5.91 Å². The first kappa shape index (κ1) is 25.0. The van der Waals surface area contributed by atoms with E-state index in [1.165, 1.54) is 15.9 Å². The molecule has 11 heteroatoms. The van der Waals surface area contributed by atoms with Gasteiger partial charge in [-0.05, 0) is 55.0 Å². The maximum absolute atomic E-state index is 13.9. The molecule has 0 radical (unpaired) electrons. The number of aryl methyl sites for hydroxylation is 1. The molecule has 0 spiro atoms. The maximum atomic E-state index is 13.9. The molecule has 5 aromatic rings. The number of benzene rings is 2. The monoisotopic (exact) mass is 550 g/mol. The van der Waals surface area contributed by atoms with E-state index < -0.39 is 0 Å². The Labute approximate surface area is 225 Å². The summed E-state index contributed by atoms with van der Waals surface area (Å²) >= 11 is 8.05. The fourth-order valence-corrected chi connectivity index (χ4v) is 5.98. The van der Waals surface area contributed by atoms with Crippen LogP contribution in [-0.2, 0) is 11.3 Å². The van der Waals surface area contributed by atoms with Gasteiger partial charge in [-0.2, -0.15) is 0 Å². The van der Waals surface area contributed by atoms with Crippen molar-refractivity contribution < 1.29 is 13.9 Å². The molecule has 0 saturated carbocycles. The molecule has 188 valence electrons. The molecule has 0 aliphatic rings. The highest BCUT2D eigenvalue weighted by Crippen LogP contribution is 2.30. The van der Waals surface area contributed by atoms with Crippen LogP contribution in [0.25, 0.3) is 21.7 Å². The van der Waals surface area contributed by atoms with E-state index in [0.29, 0.717) is 36.7 Å². The number of carbonyl (C=O) groups is 1. The van der Waals surface area contributed by atoms with Gasteiger partial charge in [-0.15, -0.1) is 0 Å². The quantitative estimate of drug-likeness (QED) is 0.160. The van der Waals surface area contributed by atoms with Gasteiger partial charge in [-0.3, -0.25) is 18.7 Å². The number of aromatic nitrogens is 3. The van der Waals surface area contributed by atoms with Crippen molar-refractivity contribution in [3.05, 3.63) is 92.6 Å². The van der Waals surface area contributed by atoms with E-state index in [1.54, 1.807) is 37.6 Å². The van der Waals surface area contributed by atoms with Crippen LogP contribution in [0.4, 0.5) is 0 Å². The molecule has 2 aromatic carbocycles. The number of nitrogens with zero attached hydrogens (tertiary/aromatic N) is 3. The van der Waals surface area contributed by atoms with E-state index in [1.807, 2.05) is 47.9 Å². The molecule has 8 nitrogen and oxygen atoms in total. The van der Waals surface area contributed by atoms with Crippen molar-refractivity contribution in [2.45, 2.75) is 18.6 Å². The number of methoxy groups -OCH3 is 1. The van der Waals surface area contributed by atoms with Gasteiger partial charge in [-0.1, -0.05) is 53.4 Å². The minimum absolute atomic E-state index is 0.0447. The molecule has 0 aliphatic carbocycles. The van der Waals surface area contributed by atoms with E-state index >= 15 is 0 Å². The number of carbonyl (C=O) groups excluding carboxylic acids is 1. The Morgan fingerprint density at radius 2 is 1.86 bits per heavy atom. The summed E-state index contributed by atoms with van der Waals surface area (Å²) in [5, 5.41) is 3.18. The molecule has 0 atom stereocenters. The predicted molar refractivity (Wildman–Crippen MR) is 148 cm³/mol. The number of ether oxygens (including phenoxy) is 1. The van der Waals surface area contributed by atoms with Gasteiger partial charge in [0.15, 0.2) is 14.8 Å². The average Bonchev–Trinajstić information content (AvgIpc) is 3.54. The van der Waals surface area contributed by atoms with Crippen molar-refractivity contribution in [2.75, 3.05) is 12.9 Å². The first-order chi connectivity index (χ1) is 18.0. The summed E-state index contributed by atoms with van der Waals surface area (Å²) in [6.45, 7) is 2.25. The third-order valence-electron chi connectivity index (χ3n) is 5.63. The van der Waals surface area contributed by atoms with Crippen LogP contribution in [0.1, 0.15) is 11.3 Å². The lowest BCUT2D eigenvalue weighted by Gasteiger charge is -2.15. The zero-order chi connectivity index (χ0) is 25.9. The highest BCUT2D eigenvalue weighted by molar-refractivity contribution is 7.99. The number of thiazole rings is 1. The first-order valence-corrected chi connectivity index (χ1v) is 13.5. The van der Waals surface area contributed by atoms with E-state index in [4.69, 9.17) is 26.4 Å². The topological polar surface area (TPSA) is 91.3 Å². The molecule has 37 heavy (non-hydrogen) atoms. The second-order valence-electron chi connectivity index (χ2n) is 7.99. The number of nitrogens with one attached hydrogen (secondary N) is 1. The Morgan fingerprint density at radius 1 is 1.11 bits per heavy atom. The van der Waals surface area contributed by atoms with Crippen LogP contribution in [0, 0.1) is 10.9 Å². The lowest BCUT2D eigenvalue weighted by molar-refractivity contribution is -0.118. The molecule has 0 aliphatic heterocycles. The van der Waals surface area contributed by atoms with Crippen molar-refractivity contribution in [3.8, 4) is 17.1 Å². The van der Waals surface area contributed by atoms with Gasteiger partial charge in [0.25, 0.3) is 5.56 Å². The van der Waals surface area contributed by atoms with Gasteiger partial charge in [0.1, 0.15) is 16.2 Å². The normalized spacial score (nSPS) is 11.1. The number of hydrogen-bond donors (Lipinski definition) is 1. The maximum Gasteiger partial charge on any atom is 0.278 e. The lowest BCUT2D eigenvalue weighted by Crippen LogP contribution is -2.26. The third kappa shape index (κ3) is 4.97. The molecular formula is C26H22N4O4S3. The molecular weight excluding hydrogens is 529 g/mol. The summed E-state index contributed by atoms with van der Waals surface area (Å²) in [6, 6.07) is 18.5. The zero-order valence-electron chi connectivity index (χ0n) is 20.0. The average molecular weight is 551 g/mol. The molecule has 0 fully saturated rings. The molecule has 1 N–H and O–H groups in total. The van der Waals surface area contributed by atoms with E-state index in [2.05, 4.69) is 5.32 Å². The number of para-hydroxylation sites is 3. The summed E-state index contributed by atoms with van der Waals surface area (Å²) in [6.07, 6.45) is 1.55. The Morgan fingerprint density at radius 3 is 2.59 bits per heavy atom. The number of furan rings is 1. The Hall–Kier alpha value is -3.67. The molecule has 1 amide bonds. The van der Waals surface area contributed by atoms with E-state index in [0.717, 1.165) is 23.0 Å². The van der Waals surface area contributed by atoms with Crippen LogP contribution in [0.5, 0.6) is 5.75 Å². The van der Waals surface area contributed by atoms with Gasteiger partial charge in [0.05, 0.1) is 37.0 Å². The summed E-state index contributed by atoms with van der Waals surface area (Å²) in [4.78, 5) is 31.4. The van der Waals surface area contributed by atoms with Crippen LogP contribution in [0.2, 0.25) is 0 Å². The predicted octanol–water partition coefficient (Wildman–Crippen LogP) is 5.29. The Kier molecular flexibility index (Phi) is 7.26.